The zero-order valence-corrected chi connectivity index (χ0v) is 12.5. The van der Waals surface area contributed by atoms with Crippen molar-refractivity contribution in [3.05, 3.63) is 39.2 Å². The number of aryl methyl sites for hydroxylation is 1. The van der Waals surface area contributed by atoms with Crippen molar-refractivity contribution >= 4 is 23.1 Å². The van der Waals surface area contributed by atoms with Crippen molar-refractivity contribution in [2.24, 2.45) is 0 Å². The van der Waals surface area contributed by atoms with Gasteiger partial charge in [0.1, 0.15) is 5.56 Å². The van der Waals surface area contributed by atoms with Crippen LogP contribution in [-0.2, 0) is 6.42 Å². The number of nitrogens with zero attached hydrogens (tertiary/aromatic N) is 2. The second-order valence-corrected chi connectivity index (χ2v) is 5.60. The van der Waals surface area contributed by atoms with E-state index in [2.05, 4.69) is 27.0 Å². The number of carboxylic acid groups (broad SMARTS) is 1. The second kappa shape index (κ2) is 6.00. The molecule has 106 valence electrons. The van der Waals surface area contributed by atoms with Crippen molar-refractivity contribution in [1.82, 2.24) is 10.2 Å². The number of hydrogen-bond donors (Lipinski definition) is 2. The number of carboxylic acids is 1. The summed E-state index contributed by atoms with van der Waals surface area (Å²) in [6.07, 6.45) is 0.817. The molecule has 0 saturated heterocycles. The smallest absolute Gasteiger partial charge is 0.339 e. The van der Waals surface area contributed by atoms with Crippen molar-refractivity contribution in [3.63, 3.8) is 0 Å². The SMILES string of the molecule is Cc1nnc(NC(C)Cc2ccsc2)c(C(=O)O)c1C. The van der Waals surface area contributed by atoms with Crippen molar-refractivity contribution in [2.45, 2.75) is 33.2 Å². The van der Waals surface area contributed by atoms with Gasteiger partial charge in [-0.15, -0.1) is 5.10 Å². The number of nitrogens with one attached hydrogen (secondary N) is 1. The fourth-order valence-electron chi connectivity index (χ4n) is 2.02. The number of carbonyl (C=O) groups is 1. The normalized spacial score (nSPS) is 12.2. The molecule has 2 rings (SSSR count). The van der Waals surface area contributed by atoms with E-state index < -0.39 is 5.97 Å². The van der Waals surface area contributed by atoms with Crippen LogP contribution in [0.3, 0.4) is 0 Å². The number of rotatable bonds is 5. The topological polar surface area (TPSA) is 75.1 Å². The Kier molecular flexibility index (Phi) is 4.34. The summed E-state index contributed by atoms with van der Waals surface area (Å²) < 4.78 is 0. The Hall–Kier alpha value is -1.95. The molecule has 20 heavy (non-hydrogen) atoms. The van der Waals surface area contributed by atoms with Gasteiger partial charge in [-0.25, -0.2) is 4.79 Å². The maximum absolute atomic E-state index is 11.4. The fraction of sp³-hybridized carbons (Fsp3) is 0.357. The lowest BCUT2D eigenvalue weighted by molar-refractivity contribution is 0.0696. The number of aromatic carboxylic acids is 1. The van der Waals surface area contributed by atoms with E-state index in [-0.39, 0.29) is 11.6 Å². The van der Waals surface area contributed by atoms with Crippen LogP contribution in [0.2, 0.25) is 0 Å². The summed E-state index contributed by atoms with van der Waals surface area (Å²) in [4.78, 5) is 11.4. The summed E-state index contributed by atoms with van der Waals surface area (Å²) in [6.45, 7) is 5.51. The van der Waals surface area contributed by atoms with Gasteiger partial charge in [0.15, 0.2) is 5.82 Å². The molecule has 0 aliphatic heterocycles. The first-order valence-electron chi connectivity index (χ1n) is 6.33. The Morgan fingerprint density at radius 2 is 2.20 bits per heavy atom. The van der Waals surface area contributed by atoms with E-state index in [1.807, 2.05) is 12.3 Å². The van der Waals surface area contributed by atoms with Gasteiger partial charge in [0.05, 0.1) is 5.69 Å². The third-order valence-electron chi connectivity index (χ3n) is 3.17. The lowest BCUT2D eigenvalue weighted by atomic mass is 10.1. The van der Waals surface area contributed by atoms with Crippen LogP contribution in [0.5, 0.6) is 0 Å². The van der Waals surface area contributed by atoms with Gasteiger partial charge < -0.3 is 10.4 Å². The lowest BCUT2D eigenvalue weighted by Gasteiger charge is -2.16. The van der Waals surface area contributed by atoms with E-state index >= 15 is 0 Å². The summed E-state index contributed by atoms with van der Waals surface area (Å²) in [5, 5.41) is 24.6. The van der Waals surface area contributed by atoms with Crippen molar-refractivity contribution in [2.75, 3.05) is 5.32 Å². The van der Waals surface area contributed by atoms with E-state index in [1.54, 1.807) is 25.2 Å². The molecule has 0 aliphatic rings. The van der Waals surface area contributed by atoms with Crippen LogP contribution < -0.4 is 5.32 Å². The molecule has 0 saturated carbocycles. The molecule has 5 nitrogen and oxygen atoms in total. The van der Waals surface area contributed by atoms with Gasteiger partial charge in [-0.05, 0) is 55.1 Å². The first-order valence-corrected chi connectivity index (χ1v) is 7.28. The van der Waals surface area contributed by atoms with Crippen molar-refractivity contribution in [3.8, 4) is 0 Å². The highest BCUT2D eigenvalue weighted by molar-refractivity contribution is 7.07. The van der Waals surface area contributed by atoms with Gasteiger partial charge in [-0.1, -0.05) is 0 Å². The first kappa shape index (κ1) is 14.5. The monoisotopic (exact) mass is 291 g/mol. The summed E-state index contributed by atoms with van der Waals surface area (Å²) in [6, 6.07) is 2.15. The van der Waals surface area contributed by atoms with Crippen LogP contribution in [-0.4, -0.2) is 27.3 Å². The second-order valence-electron chi connectivity index (χ2n) is 4.82. The number of aromatic nitrogens is 2. The lowest BCUT2D eigenvalue weighted by Crippen LogP contribution is -2.22. The van der Waals surface area contributed by atoms with E-state index in [0.717, 1.165) is 6.42 Å². The minimum absolute atomic E-state index is 0.0825. The number of anilines is 1. The van der Waals surface area contributed by atoms with Crippen LogP contribution in [0.25, 0.3) is 0 Å². The van der Waals surface area contributed by atoms with Crippen molar-refractivity contribution in [1.29, 1.82) is 0 Å². The van der Waals surface area contributed by atoms with E-state index in [4.69, 9.17) is 0 Å². The molecule has 2 N–H and O–H groups in total. The van der Waals surface area contributed by atoms with Gasteiger partial charge in [-0.3, -0.25) is 0 Å². The summed E-state index contributed by atoms with van der Waals surface area (Å²) >= 11 is 1.65. The molecule has 0 aromatic carbocycles. The Labute approximate surface area is 121 Å². The largest absolute Gasteiger partial charge is 0.478 e. The van der Waals surface area contributed by atoms with Gasteiger partial charge in [0.25, 0.3) is 0 Å². The molecule has 0 fully saturated rings. The Morgan fingerprint density at radius 3 is 2.80 bits per heavy atom. The Balaban J connectivity index is 2.20. The van der Waals surface area contributed by atoms with Crippen LogP contribution >= 0.6 is 11.3 Å². The maximum Gasteiger partial charge on any atom is 0.339 e. The van der Waals surface area contributed by atoms with Gasteiger partial charge in [0.2, 0.25) is 0 Å². The minimum Gasteiger partial charge on any atom is -0.478 e. The average molecular weight is 291 g/mol. The van der Waals surface area contributed by atoms with E-state index in [9.17, 15) is 9.90 Å². The highest BCUT2D eigenvalue weighted by Crippen LogP contribution is 2.20. The molecule has 0 radical (unpaired) electrons. The van der Waals surface area contributed by atoms with Gasteiger partial charge in [-0.2, -0.15) is 16.4 Å². The molecule has 1 unspecified atom stereocenters. The molecule has 0 spiro atoms. The summed E-state index contributed by atoms with van der Waals surface area (Å²) in [5.74, 6) is -0.644. The highest BCUT2D eigenvalue weighted by Gasteiger charge is 2.19. The van der Waals surface area contributed by atoms with Crippen LogP contribution in [0.15, 0.2) is 16.8 Å². The predicted octanol–water partition coefficient (Wildman–Crippen LogP) is 2.90. The first-order chi connectivity index (χ1) is 9.49. The zero-order chi connectivity index (χ0) is 14.7. The molecular weight excluding hydrogens is 274 g/mol. The number of thiophene rings is 1. The molecule has 0 aliphatic carbocycles. The molecule has 0 amide bonds. The molecule has 1 atom stereocenters. The highest BCUT2D eigenvalue weighted by atomic mass is 32.1. The average Bonchev–Trinajstić information content (AvgIpc) is 2.86. The minimum atomic E-state index is -0.981. The third-order valence-corrected chi connectivity index (χ3v) is 3.91. The Bertz CT molecular complexity index is 611. The molecule has 0 bridgehead atoms. The zero-order valence-electron chi connectivity index (χ0n) is 11.7. The quantitative estimate of drug-likeness (QED) is 0.886. The molecule has 2 aromatic rings. The molecular formula is C14H17N3O2S. The van der Waals surface area contributed by atoms with E-state index in [1.165, 1.54) is 5.56 Å². The molecule has 2 heterocycles. The number of hydrogen-bond acceptors (Lipinski definition) is 5. The molecule has 6 heteroatoms. The van der Waals surface area contributed by atoms with Crippen LogP contribution in [0, 0.1) is 13.8 Å². The summed E-state index contributed by atoms with van der Waals surface area (Å²) in [5.41, 5.74) is 2.72. The third kappa shape index (κ3) is 3.14. The Morgan fingerprint density at radius 1 is 1.45 bits per heavy atom. The predicted molar refractivity (Wildman–Crippen MR) is 79.6 cm³/mol. The van der Waals surface area contributed by atoms with Crippen LogP contribution in [0.4, 0.5) is 5.82 Å². The van der Waals surface area contributed by atoms with Gasteiger partial charge >= 0.3 is 5.97 Å². The van der Waals surface area contributed by atoms with Crippen LogP contribution in [0.1, 0.15) is 34.1 Å². The summed E-state index contributed by atoms with van der Waals surface area (Å²) in [7, 11) is 0. The van der Waals surface area contributed by atoms with Gasteiger partial charge in [0, 0.05) is 6.04 Å². The fourth-order valence-corrected chi connectivity index (χ4v) is 2.70. The van der Waals surface area contributed by atoms with E-state index in [0.29, 0.717) is 17.1 Å². The standard InChI is InChI=1S/C14H17N3O2S/c1-8(6-11-4-5-20-7-11)15-13-12(14(18)19)9(2)10(3)16-17-13/h4-5,7-8H,6H2,1-3H3,(H,15,17)(H,18,19). The molecule has 2 aromatic heterocycles. The maximum atomic E-state index is 11.4. The van der Waals surface area contributed by atoms with Crippen molar-refractivity contribution < 1.29 is 9.90 Å².